The van der Waals surface area contributed by atoms with Gasteiger partial charge in [-0.1, -0.05) is 23.2 Å². The fourth-order valence-electron chi connectivity index (χ4n) is 2.53. The quantitative estimate of drug-likeness (QED) is 0.430. The van der Waals surface area contributed by atoms with Crippen LogP contribution in [0.2, 0.25) is 10.0 Å². The number of methoxy groups -OCH3 is 2. The van der Waals surface area contributed by atoms with E-state index in [0.717, 1.165) is 11.3 Å². The van der Waals surface area contributed by atoms with Crippen molar-refractivity contribution in [2.24, 2.45) is 5.73 Å². The van der Waals surface area contributed by atoms with Crippen molar-refractivity contribution in [2.75, 3.05) is 26.2 Å². The summed E-state index contributed by atoms with van der Waals surface area (Å²) in [4.78, 5) is 39.4. The molecule has 0 aliphatic heterocycles. The van der Waals surface area contributed by atoms with Gasteiger partial charge < -0.3 is 25.6 Å². The Hall–Kier alpha value is -3.54. The van der Waals surface area contributed by atoms with Gasteiger partial charge in [0.15, 0.2) is 22.3 Å². The molecule has 0 spiro atoms. The van der Waals surface area contributed by atoms with Gasteiger partial charge in [-0.15, -0.1) is 11.3 Å². The Bertz CT molecular complexity index is 1200. The van der Waals surface area contributed by atoms with Gasteiger partial charge in [0.1, 0.15) is 0 Å². The van der Waals surface area contributed by atoms with Gasteiger partial charge in [0.05, 0.1) is 30.5 Å². The number of benzene rings is 2. The fraction of sp³-hybridized carbons (Fsp3) is 0.143. The van der Waals surface area contributed by atoms with E-state index in [-0.39, 0.29) is 21.4 Å². The number of urea groups is 1. The van der Waals surface area contributed by atoms with Crippen LogP contribution in [0.4, 0.5) is 15.6 Å². The molecule has 4 N–H and O–H groups in total. The number of nitrogens with zero attached hydrogens (tertiary/aromatic N) is 2. The summed E-state index contributed by atoms with van der Waals surface area (Å²) in [5, 5.41) is 13.4. The number of hydrogen-bond acceptors (Lipinski definition) is 7. The normalized spacial score (nSPS) is 9.91. The predicted octanol–water partition coefficient (Wildman–Crippen LogP) is 4.43. The second-order valence-corrected chi connectivity index (χ2v) is 7.92. The zero-order valence-corrected chi connectivity index (χ0v) is 20.5. The highest BCUT2D eigenvalue weighted by molar-refractivity contribution is 7.14. The largest absolute Gasteiger partial charge is 0.493 e. The summed E-state index contributed by atoms with van der Waals surface area (Å²) in [5.41, 5.74) is 4.94. The van der Waals surface area contributed by atoms with Gasteiger partial charge in [-0.3, -0.25) is 9.69 Å². The Morgan fingerprint density at radius 3 is 2.24 bits per heavy atom. The van der Waals surface area contributed by atoms with Crippen LogP contribution in [0, 0.1) is 0 Å². The lowest BCUT2D eigenvalue weighted by atomic mass is 10.1. The maximum atomic E-state index is 13.4. The third-order valence-corrected chi connectivity index (χ3v) is 5.51. The Morgan fingerprint density at radius 1 is 1.09 bits per heavy atom. The molecule has 0 aliphatic carbocycles. The number of carbonyl (C=O) groups is 3. The lowest BCUT2D eigenvalue weighted by Crippen LogP contribution is -2.26. The number of carbonyl (C=O) groups excluding carboxylic acids is 2. The third kappa shape index (κ3) is 6.50. The van der Waals surface area contributed by atoms with Crippen molar-refractivity contribution >= 4 is 63.3 Å². The Labute approximate surface area is 208 Å². The van der Waals surface area contributed by atoms with Gasteiger partial charge in [-0.05, 0) is 30.3 Å². The molecule has 0 aliphatic rings. The van der Waals surface area contributed by atoms with Crippen molar-refractivity contribution in [1.29, 1.82) is 0 Å². The Kier molecular flexibility index (Phi) is 9.48. The minimum absolute atomic E-state index is 0.156. The lowest BCUT2D eigenvalue weighted by molar-refractivity contribution is 0.0691. The highest BCUT2D eigenvalue weighted by Crippen LogP contribution is 2.37. The van der Waals surface area contributed by atoms with E-state index in [0.29, 0.717) is 22.2 Å². The van der Waals surface area contributed by atoms with Crippen LogP contribution >= 0.6 is 34.5 Å². The van der Waals surface area contributed by atoms with Gasteiger partial charge in [0.25, 0.3) is 5.91 Å². The van der Waals surface area contributed by atoms with Crippen LogP contribution in [0.3, 0.4) is 0 Å². The zero-order valence-electron chi connectivity index (χ0n) is 18.2. The van der Waals surface area contributed by atoms with Crippen LogP contribution in [0.1, 0.15) is 20.8 Å². The van der Waals surface area contributed by atoms with Crippen LogP contribution in [-0.4, -0.2) is 49.3 Å². The summed E-state index contributed by atoms with van der Waals surface area (Å²) in [6.45, 7) is 0. The topological polar surface area (TPSA) is 144 Å². The Morgan fingerprint density at radius 2 is 1.74 bits per heavy atom. The van der Waals surface area contributed by atoms with E-state index in [1.54, 1.807) is 18.2 Å². The number of nitrogens with one attached hydrogen (secondary N) is 1. The number of thiazole rings is 1. The predicted molar refractivity (Wildman–Crippen MR) is 130 cm³/mol. The molecular formula is C21H20Cl2N4O6S. The standard InChI is InChI=1S/C19H14Cl2N2O5S.C2H6N2O/c1-27-15-6-4-11(8-16(15)28-2)23(19-22-14(9-29-19)18(25)26)17(24)12-5-3-10(20)7-13(12)21;1-4-2(3)5/h3-9H,1-2H3,(H,25,26);1H3,(H3,3,4,5). The van der Waals surface area contributed by atoms with Gasteiger partial charge >= 0.3 is 12.0 Å². The smallest absolute Gasteiger partial charge is 0.355 e. The number of carboxylic acids is 1. The van der Waals surface area contributed by atoms with E-state index in [1.165, 1.54) is 49.7 Å². The molecule has 3 aromatic rings. The molecule has 13 heteroatoms. The summed E-state index contributed by atoms with van der Waals surface area (Å²) < 4.78 is 10.5. The summed E-state index contributed by atoms with van der Waals surface area (Å²) in [6.07, 6.45) is 0. The molecule has 1 aromatic heterocycles. The molecule has 3 amide bonds. The van der Waals surface area contributed by atoms with E-state index in [2.05, 4.69) is 16.0 Å². The molecule has 0 atom stereocenters. The summed E-state index contributed by atoms with van der Waals surface area (Å²) in [6, 6.07) is 8.83. The van der Waals surface area contributed by atoms with Crippen molar-refractivity contribution in [2.45, 2.75) is 0 Å². The van der Waals surface area contributed by atoms with Gasteiger partial charge in [-0.2, -0.15) is 0 Å². The number of ether oxygens (including phenoxy) is 2. The number of anilines is 2. The Balaban J connectivity index is 0.000000739. The van der Waals surface area contributed by atoms with E-state index >= 15 is 0 Å². The van der Waals surface area contributed by atoms with Crippen LogP contribution in [0.5, 0.6) is 11.5 Å². The van der Waals surface area contributed by atoms with Crippen LogP contribution in [-0.2, 0) is 0 Å². The number of nitrogens with two attached hydrogens (primary N) is 1. The number of carboxylic acid groups (broad SMARTS) is 1. The van der Waals surface area contributed by atoms with Crippen molar-refractivity contribution in [3.8, 4) is 11.5 Å². The number of aromatic carboxylic acids is 1. The van der Waals surface area contributed by atoms with Crippen molar-refractivity contribution in [3.05, 3.63) is 63.1 Å². The van der Waals surface area contributed by atoms with Gasteiger partial charge in [0, 0.05) is 23.5 Å². The minimum atomic E-state index is -1.20. The first-order valence-corrected chi connectivity index (χ1v) is 10.9. The van der Waals surface area contributed by atoms with E-state index in [1.807, 2.05) is 0 Å². The summed E-state index contributed by atoms with van der Waals surface area (Å²) in [5.74, 6) is -0.847. The molecule has 0 radical (unpaired) electrons. The molecule has 0 bridgehead atoms. The molecule has 2 aromatic carbocycles. The van der Waals surface area contributed by atoms with Gasteiger partial charge in [-0.25, -0.2) is 14.6 Å². The molecule has 34 heavy (non-hydrogen) atoms. The van der Waals surface area contributed by atoms with E-state index in [9.17, 15) is 19.5 Å². The number of amides is 3. The molecule has 0 saturated heterocycles. The second-order valence-electron chi connectivity index (χ2n) is 6.24. The first-order chi connectivity index (χ1) is 16.1. The summed E-state index contributed by atoms with van der Waals surface area (Å²) in [7, 11) is 4.44. The number of aromatic nitrogens is 1. The fourth-order valence-corrected chi connectivity index (χ4v) is 3.83. The highest BCUT2D eigenvalue weighted by atomic mass is 35.5. The third-order valence-electron chi connectivity index (χ3n) is 4.14. The molecular weight excluding hydrogens is 507 g/mol. The molecule has 3 rings (SSSR count). The monoisotopic (exact) mass is 526 g/mol. The van der Waals surface area contributed by atoms with E-state index in [4.69, 9.17) is 32.7 Å². The van der Waals surface area contributed by atoms with Crippen molar-refractivity contribution < 1.29 is 29.0 Å². The van der Waals surface area contributed by atoms with Crippen molar-refractivity contribution in [1.82, 2.24) is 10.3 Å². The highest BCUT2D eigenvalue weighted by Gasteiger charge is 2.26. The number of primary amides is 1. The summed E-state index contributed by atoms with van der Waals surface area (Å²) >= 11 is 13.2. The van der Waals surface area contributed by atoms with Crippen LogP contribution in [0.25, 0.3) is 0 Å². The van der Waals surface area contributed by atoms with Crippen LogP contribution in [0.15, 0.2) is 41.8 Å². The number of halogens is 2. The van der Waals surface area contributed by atoms with E-state index < -0.39 is 17.9 Å². The average Bonchev–Trinajstić information content (AvgIpc) is 3.29. The van der Waals surface area contributed by atoms with Crippen LogP contribution < -0.4 is 25.4 Å². The molecule has 180 valence electrons. The second kappa shape index (κ2) is 12.1. The molecule has 0 unspecified atom stereocenters. The van der Waals surface area contributed by atoms with Gasteiger partial charge in [0.2, 0.25) is 0 Å². The number of rotatable bonds is 6. The molecule has 10 nitrogen and oxygen atoms in total. The zero-order chi connectivity index (χ0) is 25.4. The first kappa shape index (κ1) is 26.7. The first-order valence-electron chi connectivity index (χ1n) is 9.30. The maximum Gasteiger partial charge on any atom is 0.355 e. The molecule has 1 heterocycles. The molecule has 0 saturated carbocycles. The average molecular weight is 527 g/mol. The number of hydrogen-bond donors (Lipinski definition) is 3. The molecule has 0 fully saturated rings. The van der Waals surface area contributed by atoms with Crippen molar-refractivity contribution in [3.63, 3.8) is 0 Å². The maximum absolute atomic E-state index is 13.4. The minimum Gasteiger partial charge on any atom is -0.493 e. The lowest BCUT2D eigenvalue weighted by Gasteiger charge is -2.22. The SMILES string of the molecule is CNC(N)=O.COc1ccc(N(C(=O)c2ccc(Cl)cc2Cl)c2nc(C(=O)O)cs2)cc1OC.